The average Bonchev–Trinajstić information content (AvgIpc) is 3.19. The van der Waals surface area contributed by atoms with E-state index in [9.17, 15) is 5.11 Å². The molecule has 2 N–H and O–H groups in total. The Morgan fingerprint density at radius 2 is 2.04 bits per heavy atom. The van der Waals surface area contributed by atoms with Gasteiger partial charge in [-0.3, -0.25) is 0 Å². The number of hydrogen-bond acceptors (Lipinski definition) is 7. The molecule has 24 heavy (non-hydrogen) atoms. The first kappa shape index (κ1) is 16.7. The van der Waals surface area contributed by atoms with Crippen LogP contribution >= 0.6 is 0 Å². The Morgan fingerprint density at radius 1 is 1.29 bits per heavy atom. The molecule has 1 aliphatic heterocycles. The Hall–Kier alpha value is -2.19. The normalized spacial score (nSPS) is 16.2. The van der Waals surface area contributed by atoms with Crippen LogP contribution in [0.4, 0.5) is 0 Å². The van der Waals surface area contributed by atoms with E-state index in [-0.39, 0.29) is 18.4 Å². The van der Waals surface area contributed by atoms with Crippen molar-refractivity contribution in [1.29, 1.82) is 0 Å². The van der Waals surface area contributed by atoms with Gasteiger partial charge in [0.25, 0.3) is 0 Å². The highest BCUT2D eigenvalue weighted by Gasteiger charge is 2.21. The maximum Gasteiger partial charge on any atom is 0.231 e. The van der Waals surface area contributed by atoms with Gasteiger partial charge in [0.15, 0.2) is 17.3 Å². The molecule has 0 aliphatic carbocycles. The van der Waals surface area contributed by atoms with E-state index in [0.29, 0.717) is 23.9 Å². The number of aromatic nitrogens is 4. The number of tetrazole rings is 1. The lowest BCUT2D eigenvalue weighted by atomic mass is 10.0. The molecule has 130 valence electrons. The van der Waals surface area contributed by atoms with Crippen LogP contribution in [0.5, 0.6) is 11.5 Å². The number of nitrogens with one attached hydrogen (secondary N) is 1. The van der Waals surface area contributed by atoms with Crippen LogP contribution in [0.15, 0.2) is 18.2 Å². The van der Waals surface area contributed by atoms with Gasteiger partial charge in [-0.25, -0.2) is 0 Å². The van der Waals surface area contributed by atoms with Gasteiger partial charge in [-0.2, -0.15) is 4.80 Å². The lowest BCUT2D eigenvalue weighted by molar-refractivity contribution is 0.134. The number of benzene rings is 1. The van der Waals surface area contributed by atoms with Crippen LogP contribution in [-0.2, 0) is 12.1 Å². The van der Waals surface area contributed by atoms with Gasteiger partial charge >= 0.3 is 0 Å². The summed E-state index contributed by atoms with van der Waals surface area (Å²) >= 11 is 0. The molecule has 3 rings (SSSR count). The molecule has 8 nitrogen and oxygen atoms in total. The Labute approximate surface area is 140 Å². The molecule has 0 spiro atoms. The molecule has 0 radical (unpaired) electrons. The fraction of sp³-hybridized carbons (Fsp3) is 0.562. The van der Waals surface area contributed by atoms with Gasteiger partial charge in [0.2, 0.25) is 6.79 Å². The first-order chi connectivity index (χ1) is 11.3. The minimum absolute atomic E-state index is 0.188. The Kier molecular flexibility index (Phi) is 4.42. The van der Waals surface area contributed by atoms with Crippen molar-refractivity contribution in [1.82, 2.24) is 25.5 Å². The number of nitrogens with zero attached hydrogens (tertiary/aromatic N) is 4. The summed E-state index contributed by atoms with van der Waals surface area (Å²) in [5.41, 5.74) is 0.564. The number of hydrogen-bond donors (Lipinski definition) is 2. The molecule has 0 saturated heterocycles. The average molecular weight is 333 g/mol. The molecular formula is C16H23N5O3. The molecule has 0 saturated carbocycles. The highest BCUT2D eigenvalue weighted by Crippen LogP contribution is 2.34. The lowest BCUT2D eigenvalue weighted by Crippen LogP contribution is -2.32. The molecule has 2 heterocycles. The van der Waals surface area contributed by atoms with Crippen molar-refractivity contribution in [3.05, 3.63) is 29.6 Å². The number of aliphatic hydroxyl groups excluding tert-OH is 1. The van der Waals surface area contributed by atoms with Crippen LogP contribution in [0, 0.1) is 0 Å². The van der Waals surface area contributed by atoms with Crippen LogP contribution in [0.3, 0.4) is 0 Å². The predicted octanol–water partition coefficient (Wildman–Crippen LogP) is 1.37. The summed E-state index contributed by atoms with van der Waals surface area (Å²) in [6, 6.07) is 5.26. The number of aliphatic hydroxyl groups is 1. The largest absolute Gasteiger partial charge is 0.454 e. The predicted molar refractivity (Wildman–Crippen MR) is 86.6 cm³/mol. The number of fused-ring (bicyclic) bond motifs is 1. The fourth-order valence-corrected chi connectivity index (χ4v) is 2.35. The van der Waals surface area contributed by atoms with Crippen LogP contribution < -0.4 is 14.8 Å². The SMILES string of the molecule is C[C@H](NCc1nnn(C(C)(C)C)n1)[C@H](O)c1ccc2c(c1)OCO2. The minimum atomic E-state index is -0.683. The zero-order chi connectivity index (χ0) is 17.3. The Morgan fingerprint density at radius 3 is 2.75 bits per heavy atom. The zero-order valence-electron chi connectivity index (χ0n) is 14.4. The Balaban J connectivity index is 1.60. The van der Waals surface area contributed by atoms with Gasteiger partial charge in [0, 0.05) is 6.04 Å². The topological polar surface area (TPSA) is 94.3 Å². The smallest absolute Gasteiger partial charge is 0.231 e. The monoisotopic (exact) mass is 333 g/mol. The number of rotatable bonds is 5. The van der Waals surface area contributed by atoms with E-state index < -0.39 is 6.10 Å². The van der Waals surface area contributed by atoms with E-state index in [1.54, 1.807) is 10.9 Å². The second-order valence-corrected chi connectivity index (χ2v) is 6.89. The van der Waals surface area contributed by atoms with Crippen molar-refractivity contribution < 1.29 is 14.6 Å². The standard InChI is InChI=1S/C16H23N5O3/c1-10(17-8-14-18-20-21(19-14)16(2,3)4)15(22)11-5-6-12-13(7-11)24-9-23-12/h5-7,10,15,17,22H,8-9H2,1-4H3/t10-,15-/m0/s1. The van der Waals surface area contributed by atoms with E-state index in [2.05, 4.69) is 20.7 Å². The summed E-state index contributed by atoms with van der Waals surface area (Å²) in [5, 5.41) is 26.2. The van der Waals surface area contributed by atoms with E-state index in [4.69, 9.17) is 9.47 Å². The fourth-order valence-electron chi connectivity index (χ4n) is 2.35. The van der Waals surface area contributed by atoms with Crippen molar-refractivity contribution in [2.75, 3.05) is 6.79 Å². The molecule has 1 aromatic heterocycles. The third-order valence-electron chi connectivity index (χ3n) is 3.85. The number of ether oxygens (including phenoxy) is 2. The molecule has 0 bridgehead atoms. The van der Waals surface area contributed by atoms with E-state index in [1.165, 1.54) is 0 Å². The highest BCUT2D eigenvalue weighted by atomic mass is 16.7. The van der Waals surface area contributed by atoms with Gasteiger partial charge in [-0.05, 0) is 50.6 Å². The van der Waals surface area contributed by atoms with E-state index in [0.717, 1.165) is 5.56 Å². The third-order valence-corrected chi connectivity index (χ3v) is 3.85. The van der Waals surface area contributed by atoms with Gasteiger partial charge in [-0.15, -0.1) is 10.2 Å². The van der Waals surface area contributed by atoms with E-state index in [1.807, 2.05) is 39.8 Å². The first-order valence-corrected chi connectivity index (χ1v) is 7.95. The molecule has 1 aromatic carbocycles. The minimum Gasteiger partial charge on any atom is -0.454 e. The lowest BCUT2D eigenvalue weighted by Gasteiger charge is -2.20. The maximum atomic E-state index is 10.5. The van der Waals surface area contributed by atoms with Crippen molar-refractivity contribution in [3.63, 3.8) is 0 Å². The van der Waals surface area contributed by atoms with Crippen LogP contribution in [0.2, 0.25) is 0 Å². The van der Waals surface area contributed by atoms with Gasteiger partial charge in [0.05, 0.1) is 18.2 Å². The summed E-state index contributed by atoms with van der Waals surface area (Å²) in [4.78, 5) is 1.59. The summed E-state index contributed by atoms with van der Waals surface area (Å²) in [7, 11) is 0. The summed E-state index contributed by atoms with van der Waals surface area (Å²) in [6.07, 6.45) is -0.683. The van der Waals surface area contributed by atoms with Crippen molar-refractivity contribution in [2.24, 2.45) is 0 Å². The first-order valence-electron chi connectivity index (χ1n) is 7.95. The summed E-state index contributed by atoms with van der Waals surface area (Å²) in [6.45, 7) is 8.59. The van der Waals surface area contributed by atoms with Crippen LogP contribution in [-0.4, -0.2) is 38.1 Å². The van der Waals surface area contributed by atoms with Crippen LogP contribution in [0.25, 0.3) is 0 Å². The second-order valence-electron chi connectivity index (χ2n) is 6.89. The zero-order valence-corrected chi connectivity index (χ0v) is 14.4. The second kappa shape index (κ2) is 6.37. The third kappa shape index (κ3) is 3.49. The maximum absolute atomic E-state index is 10.5. The summed E-state index contributed by atoms with van der Waals surface area (Å²) in [5.74, 6) is 1.96. The van der Waals surface area contributed by atoms with Crippen molar-refractivity contribution in [3.8, 4) is 11.5 Å². The molecule has 0 amide bonds. The van der Waals surface area contributed by atoms with Crippen molar-refractivity contribution >= 4 is 0 Å². The molecule has 2 atom stereocenters. The molecule has 0 unspecified atom stereocenters. The van der Waals surface area contributed by atoms with E-state index >= 15 is 0 Å². The molecular weight excluding hydrogens is 310 g/mol. The molecule has 1 aliphatic rings. The molecule has 8 heteroatoms. The summed E-state index contributed by atoms with van der Waals surface area (Å²) < 4.78 is 10.6. The van der Waals surface area contributed by atoms with Gasteiger partial charge in [0.1, 0.15) is 0 Å². The Bertz CT molecular complexity index is 710. The quantitative estimate of drug-likeness (QED) is 0.853. The molecule has 0 fully saturated rings. The van der Waals surface area contributed by atoms with Gasteiger partial charge in [-0.1, -0.05) is 6.07 Å². The van der Waals surface area contributed by atoms with Crippen molar-refractivity contribution in [2.45, 2.75) is 51.9 Å². The molecule has 2 aromatic rings. The van der Waals surface area contributed by atoms with Gasteiger partial charge < -0.3 is 19.9 Å². The highest BCUT2D eigenvalue weighted by molar-refractivity contribution is 5.45. The van der Waals surface area contributed by atoms with Crippen LogP contribution in [0.1, 0.15) is 45.2 Å².